The molecule has 0 spiro atoms. The standard InChI is InChI=1S/C19H26N8O4/c20-5-10-6-22-27(7-10)19-24-16(23-11-3-1-2-4-11)13-17(25-19)26(9-21-13)18-15(30)14(29)12(8-28)31-18/h6-7,9,11-12,14-15,18,28-30H,1-5,8,20H2,(H,23,24,25)/t12-,14?,15?,18-/m1/s1. The third-order valence-corrected chi connectivity index (χ3v) is 5.97. The summed E-state index contributed by atoms with van der Waals surface area (Å²) in [5.74, 6) is 0.892. The molecule has 1 aliphatic carbocycles. The lowest BCUT2D eigenvalue weighted by Gasteiger charge is -2.18. The van der Waals surface area contributed by atoms with Crippen LogP contribution in [0.5, 0.6) is 0 Å². The van der Waals surface area contributed by atoms with Gasteiger partial charge in [0.05, 0.1) is 19.1 Å². The second-order valence-corrected chi connectivity index (χ2v) is 8.05. The molecule has 0 amide bonds. The second-order valence-electron chi connectivity index (χ2n) is 8.05. The highest BCUT2D eigenvalue weighted by Crippen LogP contribution is 2.33. The minimum atomic E-state index is -1.24. The van der Waals surface area contributed by atoms with E-state index in [1.165, 1.54) is 11.0 Å². The van der Waals surface area contributed by atoms with Gasteiger partial charge in [0, 0.05) is 24.3 Å². The van der Waals surface area contributed by atoms with E-state index in [4.69, 9.17) is 10.5 Å². The Balaban J connectivity index is 1.60. The maximum Gasteiger partial charge on any atom is 0.254 e. The minimum Gasteiger partial charge on any atom is -0.394 e. The van der Waals surface area contributed by atoms with Crippen LogP contribution in [-0.2, 0) is 11.3 Å². The van der Waals surface area contributed by atoms with Crippen molar-refractivity contribution in [2.75, 3.05) is 11.9 Å². The first-order valence-corrected chi connectivity index (χ1v) is 10.5. The van der Waals surface area contributed by atoms with Crippen LogP contribution in [0.4, 0.5) is 5.82 Å². The molecule has 0 bridgehead atoms. The molecule has 2 fully saturated rings. The number of nitrogens with zero attached hydrogens (tertiary/aromatic N) is 6. The molecule has 4 heterocycles. The van der Waals surface area contributed by atoms with Crippen LogP contribution in [0.1, 0.15) is 37.5 Å². The van der Waals surface area contributed by atoms with Gasteiger partial charge >= 0.3 is 0 Å². The van der Waals surface area contributed by atoms with Gasteiger partial charge in [-0.15, -0.1) is 0 Å². The number of rotatable bonds is 6. The van der Waals surface area contributed by atoms with Gasteiger partial charge in [-0.2, -0.15) is 15.1 Å². The Hall–Kier alpha value is -2.64. The van der Waals surface area contributed by atoms with Gasteiger partial charge in [0.2, 0.25) is 0 Å². The zero-order valence-electron chi connectivity index (χ0n) is 16.9. The lowest BCUT2D eigenvalue weighted by molar-refractivity contribution is -0.0511. The Bertz CT molecular complexity index is 1060. The van der Waals surface area contributed by atoms with Crippen LogP contribution in [0.3, 0.4) is 0 Å². The Kier molecular flexibility index (Phi) is 5.32. The van der Waals surface area contributed by atoms with Crippen LogP contribution >= 0.6 is 0 Å². The quantitative estimate of drug-likeness (QED) is 0.341. The van der Waals surface area contributed by atoms with E-state index in [9.17, 15) is 15.3 Å². The number of nitrogens with two attached hydrogens (primary N) is 1. The summed E-state index contributed by atoms with van der Waals surface area (Å²) in [6.07, 6.45) is 5.03. The van der Waals surface area contributed by atoms with Crippen molar-refractivity contribution < 1.29 is 20.1 Å². The van der Waals surface area contributed by atoms with Crippen LogP contribution in [0.25, 0.3) is 17.1 Å². The number of fused-ring (bicyclic) bond motifs is 1. The first-order valence-electron chi connectivity index (χ1n) is 10.5. The summed E-state index contributed by atoms with van der Waals surface area (Å²) in [6, 6.07) is 0.294. The average Bonchev–Trinajstić information content (AvgIpc) is 3.56. The second kappa shape index (κ2) is 8.13. The Labute approximate surface area is 177 Å². The highest BCUT2D eigenvalue weighted by molar-refractivity contribution is 5.84. The first kappa shape index (κ1) is 20.3. The Morgan fingerprint density at radius 1 is 1.19 bits per heavy atom. The number of aliphatic hydroxyl groups excluding tert-OH is 3. The van der Waals surface area contributed by atoms with Crippen molar-refractivity contribution in [3.8, 4) is 5.95 Å². The number of imidazole rings is 1. The van der Waals surface area contributed by atoms with Crippen molar-refractivity contribution in [3.05, 3.63) is 24.3 Å². The van der Waals surface area contributed by atoms with Gasteiger partial charge in [-0.05, 0) is 12.8 Å². The van der Waals surface area contributed by atoms with Gasteiger partial charge in [0.1, 0.15) is 18.3 Å². The Morgan fingerprint density at radius 2 is 2.00 bits per heavy atom. The number of ether oxygens (including phenoxy) is 1. The van der Waals surface area contributed by atoms with Gasteiger partial charge in [-0.25, -0.2) is 9.67 Å². The highest BCUT2D eigenvalue weighted by Gasteiger charge is 2.44. The lowest BCUT2D eigenvalue weighted by atomic mass is 10.1. The summed E-state index contributed by atoms with van der Waals surface area (Å²) in [7, 11) is 0. The van der Waals surface area contributed by atoms with Crippen LogP contribution < -0.4 is 11.1 Å². The molecular formula is C19H26N8O4. The molecule has 166 valence electrons. The van der Waals surface area contributed by atoms with Crippen LogP contribution in [0, 0.1) is 0 Å². The summed E-state index contributed by atoms with van der Waals surface area (Å²) in [5.41, 5.74) is 7.49. The molecule has 2 unspecified atom stereocenters. The van der Waals surface area contributed by atoms with Crippen LogP contribution in [-0.4, -0.2) is 75.6 Å². The van der Waals surface area contributed by atoms with Crippen molar-refractivity contribution in [1.82, 2.24) is 29.3 Å². The van der Waals surface area contributed by atoms with Crippen molar-refractivity contribution in [2.45, 2.75) is 62.8 Å². The molecule has 2 aliphatic rings. The SMILES string of the molecule is NCc1cnn(-c2nc(NC3CCCC3)c3ncn([C@@H]4O[C@H](CO)C(O)C4O)c3n2)c1. The van der Waals surface area contributed by atoms with Gasteiger partial charge in [0.15, 0.2) is 23.2 Å². The molecule has 4 atom stereocenters. The number of hydrogen-bond acceptors (Lipinski definition) is 10. The number of anilines is 1. The number of aromatic nitrogens is 6. The van der Waals surface area contributed by atoms with E-state index in [0.29, 0.717) is 35.5 Å². The predicted molar refractivity (Wildman–Crippen MR) is 109 cm³/mol. The van der Waals surface area contributed by atoms with E-state index >= 15 is 0 Å². The number of hydrogen-bond donors (Lipinski definition) is 5. The van der Waals surface area contributed by atoms with Crippen molar-refractivity contribution >= 4 is 17.0 Å². The monoisotopic (exact) mass is 430 g/mol. The van der Waals surface area contributed by atoms with Gasteiger partial charge in [0.25, 0.3) is 5.95 Å². The van der Waals surface area contributed by atoms with Crippen LogP contribution in [0.15, 0.2) is 18.7 Å². The molecule has 6 N–H and O–H groups in total. The van der Waals surface area contributed by atoms with Crippen molar-refractivity contribution in [1.29, 1.82) is 0 Å². The summed E-state index contributed by atoms with van der Waals surface area (Å²) in [6.45, 7) is -0.0683. The maximum atomic E-state index is 10.5. The fraction of sp³-hybridized carbons (Fsp3) is 0.579. The molecule has 0 radical (unpaired) electrons. The molecule has 1 saturated heterocycles. The lowest BCUT2D eigenvalue weighted by Crippen LogP contribution is -2.33. The molecular weight excluding hydrogens is 404 g/mol. The summed E-state index contributed by atoms with van der Waals surface area (Å²) in [4.78, 5) is 13.7. The summed E-state index contributed by atoms with van der Waals surface area (Å²) in [5, 5.41) is 37.9. The smallest absolute Gasteiger partial charge is 0.254 e. The Morgan fingerprint density at radius 3 is 2.68 bits per heavy atom. The molecule has 0 aromatic carbocycles. The predicted octanol–water partition coefficient (Wildman–Crippen LogP) is -0.563. The molecule has 12 heteroatoms. The van der Waals surface area contributed by atoms with Gasteiger partial charge in [-0.3, -0.25) is 4.57 Å². The largest absolute Gasteiger partial charge is 0.394 e. The summed E-state index contributed by atoms with van der Waals surface area (Å²) >= 11 is 0. The molecule has 1 aliphatic heterocycles. The minimum absolute atomic E-state index is 0.294. The van der Waals surface area contributed by atoms with Crippen molar-refractivity contribution in [2.24, 2.45) is 5.73 Å². The first-order chi connectivity index (χ1) is 15.1. The van der Waals surface area contributed by atoms with Gasteiger partial charge < -0.3 is 31.1 Å². The maximum absolute atomic E-state index is 10.5. The normalized spacial score (nSPS) is 26.8. The molecule has 5 rings (SSSR count). The van der Waals surface area contributed by atoms with E-state index < -0.39 is 31.1 Å². The molecule has 12 nitrogen and oxygen atoms in total. The van der Waals surface area contributed by atoms with E-state index in [0.717, 1.165) is 31.2 Å². The van der Waals surface area contributed by atoms with Crippen molar-refractivity contribution in [3.63, 3.8) is 0 Å². The average molecular weight is 430 g/mol. The number of aliphatic hydroxyl groups is 3. The van der Waals surface area contributed by atoms with Gasteiger partial charge in [-0.1, -0.05) is 12.8 Å². The molecule has 1 saturated carbocycles. The zero-order valence-corrected chi connectivity index (χ0v) is 16.9. The van der Waals surface area contributed by atoms with E-state index in [-0.39, 0.29) is 0 Å². The molecule has 3 aromatic heterocycles. The highest BCUT2D eigenvalue weighted by atomic mass is 16.6. The molecule has 3 aromatic rings. The summed E-state index contributed by atoms with van der Waals surface area (Å²) < 4.78 is 8.77. The molecule has 31 heavy (non-hydrogen) atoms. The topological polar surface area (TPSA) is 169 Å². The van der Waals surface area contributed by atoms with E-state index in [2.05, 4.69) is 25.4 Å². The number of nitrogens with one attached hydrogen (secondary N) is 1. The third kappa shape index (κ3) is 3.55. The third-order valence-electron chi connectivity index (χ3n) is 5.97. The van der Waals surface area contributed by atoms with E-state index in [1.807, 2.05) is 0 Å². The van der Waals surface area contributed by atoms with Crippen LogP contribution in [0.2, 0.25) is 0 Å². The fourth-order valence-electron chi connectivity index (χ4n) is 4.24. The fourth-order valence-corrected chi connectivity index (χ4v) is 4.24. The van der Waals surface area contributed by atoms with E-state index in [1.54, 1.807) is 17.0 Å². The zero-order chi connectivity index (χ0) is 21.5.